The number of aromatic carboxylic acids is 1. The van der Waals surface area contributed by atoms with Crippen LogP contribution in [0.4, 0.5) is 4.39 Å². The molecule has 104 valence electrons. The number of hydrogen-bond donors (Lipinski definition) is 1. The second-order valence-corrected chi connectivity index (χ2v) is 4.55. The first-order valence-corrected chi connectivity index (χ1v) is 6.10. The largest absolute Gasteiger partial charge is 0.491 e. The number of methoxy groups -OCH3 is 1. The monoisotopic (exact) mass is 342 g/mol. The summed E-state index contributed by atoms with van der Waals surface area (Å²) in [4.78, 5) is 22.7. The predicted molar refractivity (Wildman–Crippen MR) is 71.0 cm³/mol. The lowest BCUT2D eigenvalue weighted by Gasteiger charge is -2.10. The Balaban J connectivity index is 2.75. The van der Waals surface area contributed by atoms with Crippen LogP contribution in [0.5, 0.6) is 5.75 Å². The van der Waals surface area contributed by atoms with E-state index in [4.69, 9.17) is 9.84 Å². The van der Waals surface area contributed by atoms with Gasteiger partial charge in [-0.15, -0.1) is 0 Å². The molecule has 2 aromatic rings. The highest BCUT2D eigenvalue weighted by Gasteiger charge is 2.18. The molecule has 0 aliphatic carbocycles. The lowest BCUT2D eigenvalue weighted by atomic mass is 10.3. The van der Waals surface area contributed by atoms with Crippen LogP contribution >= 0.6 is 15.9 Å². The number of halogens is 2. The topological polar surface area (TPSA) is 81.4 Å². The molecule has 6 nitrogen and oxygen atoms in total. The normalized spacial score (nSPS) is 10.3. The number of carboxylic acid groups (broad SMARTS) is 1. The molecular formula is C12H8BrFN2O4. The predicted octanol–water partition coefficient (Wildman–Crippen LogP) is 1.84. The van der Waals surface area contributed by atoms with Crippen molar-refractivity contribution < 1.29 is 19.0 Å². The van der Waals surface area contributed by atoms with Gasteiger partial charge < -0.3 is 9.84 Å². The van der Waals surface area contributed by atoms with Gasteiger partial charge in [-0.25, -0.2) is 13.9 Å². The Morgan fingerprint density at radius 1 is 1.50 bits per heavy atom. The second kappa shape index (κ2) is 5.41. The van der Waals surface area contributed by atoms with Crippen molar-refractivity contribution in [3.63, 3.8) is 0 Å². The maximum atomic E-state index is 14.0. The zero-order chi connectivity index (χ0) is 14.9. The maximum absolute atomic E-state index is 14.0. The third-order valence-corrected chi connectivity index (χ3v) is 3.10. The van der Waals surface area contributed by atoms with Gasteiger partial charge in [0.2, 0.25) is 5.69 Å². The van der Waals surface area contributed by atoms with Crippen LogP contribution in [0.15, 0.2) is 33.7 Å². The molecule has 0 saturated carbocycles. The molecule has 8 heteroatoms. The number of aromatic nitrogens is 2. The average molecular weight is 343 g/mol. The van der Waals surface area contributed by atoms with E-state index in [2.05, 4.69) is 21.0 Å². The summed E-state index contributed by atoms with van der Waals surface area (Å²) in [5.74, 6) is -2.39. The van der Waals surface area contributed by atoms with Crippen LogP contribution < -0.4 is 10.2 Å². The Morgan fingerprint density at radius 2 is 2.20 bits per heavy atom. The fourth-order valence-electron chi connectivity index (χ4n) is 1.55. The summed E-state index contributed by atoms with van der Waals surface area (Å²) in [5.41, 5.74) is -1.63. The van der Waals surface area contributed by atoms with Gasteiger partial charge in [-0.2, -0.15) is 5.10 Å². The van der Waals surface area contributed by atoms with E-state index in [1.165, 1.54) is 19.2 Å². The number of benzene rings is 1. The Kier molecular flexibility index (Phi) is 3.84. The van der Waals surface area contributed by atoms with Crippen molar-refractivity contribution >= 4 is 21.9 Å². The van der Waals surface area contributed by atoms with Crippen LogP contribution in [0.2, 0.25) is 0 Å². The zero-order valence-corrected chi connectivity index (χ0v) is 11.7. The minimum atomic E-state index is -1.52. The number of carbonyl (C=O) groups is 1. The van der Waals surface area contributed by atoms with E-state index in [0.29, 0.717) is 0 Å². The maximum Gasteiger partial charge on any atom is 0.360 e. The first-order chi connectivity index (χ1) is 9.45. The molecule has 0 aliphatic heterocycles. The summed E-state index contributed by atoms with van der Waals surface area (Å²) in [6.07, 6.45) is 1.12. The van der Waals surface area contributed by atoms with Crippen molar-refractivity contribution in [2.24, 2.45) is 0 Å². The van der Waals surface area contributed by atoms with Crippen molar-refractivity contribution in [2.45, 2.75) is 0 Å². The summed E-state index contributed by atoms with van der Waals surface area (Å²) < 4.78 is 19.9. The fraction of sp³-hybridized carbons (Fsp3) is 0.0833. The fourth-order valence-corrected chi connectivity index (χ4v) is 1.90. The molecule has 1 N–H and O–H groups in total. The summed E-state index contributed by atoms with van der Waals surface area (Å²) in [7, 11) is 1.21. The Morgan fingerprint density at radius 3 is 2.80 bits per heavy atom. The summed E-state index contributed by atoms with van der Waals surface area (Å²) in [6, 6.07) is 4.43. The molecule has 0 aliphatic rings. The quantitative estimate of drug-likeness (QED) is 0.920. The lowest BCUT2D eigenvalue weighted by molar-refractivity contribution is 0.0686. The number of rotatable bonds is 3. The highest BCUT2D eigenvalue weighted by molar-refractivity contribution is 9.10. The van der Waals surface area contributed by atoms with E-state index < -0.39 is 22.9 Å². The first-order valence-electron chi connectivity index (χ1n) is 5.31. The average Bonchev–Trinajstić information content (AvgIpc) is 2.42. The molecular weight excluding hydrogens is 335 g/mol. The van der Waals surface area contributed by atoms with Crippen LogP contribution in [-0.4, -0.2) is 28.0 Å². The van der Waals surface area contributed by atoms with Gasteiger partial charge in [0, 0.05) is 0 Å². The Hall–Kier alpha value is -2.22. The van der Waals surface area contributed by atoms with Gasteiger partial charge in [0.1, 0.15) is 5.69 Å². The van der Waals surface area contributed by atoms with Crippen molar-refractivity contribution in [3.05, 3.63) is 50.6 Å². The van der Waals surface area contributed by atoms with E-state index >= 15 is 0 Å². The molecule has 0 amide bonds. The van der Waals surface area contributed by atoms with Crippen LogP contribution in [0.3, 0.4) is 0 Å². The SMILES string of the molecule is COc1cn(-c2cccc(Br)c2F)nc(C(=O)O)c1=O. The molecule has 20 heavy (non-hydrogen) atoms. The Bertz CT molecular complexity index is 745. The van der Waals surface area contributed by atoms with Gasteiger partial charge in [0.25, 0.3) is 5.43 Å². The zero-order valence-electron chi connectivity index (χ0n) is 10.1. The van der Waals surface area contributed by atoms with Crippen LogP contribution in [-0.2, 0) is 0 Å². The highest BCUT2D eigenvalue weighted by Crippen LogP contribution is 2.21. The molecule has 2 rings (SSSR count). The summed E-state index contributed by atoms with van der Waals surface area (Å²) in [5, 5.41) is 12.6. The lowest BCUT2D eigenvalue weighted by Crippen LogP contribution is -2.23. The van der Waals surface area contributed by atoms with E-state index in [9.17, 15) is 14.0 Å². The summed E-state index contributed by atoms with van der Waals surface area (Å²) >= 11 is 3.02. The highest BCUT2D eigenvalue weighted by atomic mass is 79.9. The first kappa shape index (κ1) is 14.2. The van der Waals surface area contributed by atoms with E-state index in [-0.39, 0.29) is 15.9 Å². The van der Waals surface area contributed by atoms with Gasteiger partial charge in [-0.1, -0.05) is 6.07 Å². The molecule has 0 bridgehead atoms. The van der Waals surface area contributed by atoms with Gasteiger partial charge in [-0.3, -0.25) is 4.79 Å². The molecule has 0 saturated heterocycles. The molecule has 0 unspecified atom stereocenters. The van der Waals surface area contributed by atoms with Crippen LogP contribution in [0, 0.1) is 5.82 Å². The minimum Gasteiger partial charge on any atom is -0.491 e. The van der Waals surface area contributed by atoms with Crippen LogP contribution in [0.1, 0.15) is 10.5 Å². The smallest absolute Gasteiger partial charge is 0.360 e. The van der Waals surface area contributed by atoms with Crippen molar-refractivity contribution in [1.82, 2.24) is 9.78 Å². The molecule has 0 radical (unpaired) electrons. The standard InChI is InChI=1S/C12H8BrFN2O4/c1-20-8-5-16(15-10(11(8)17)12(18)19)7-4-2-3-6(13)9(7)14/h2-5H,1H3,(H,18,19). The van der Waals surface area contributed by atoms with Gasteiger partial charge in [0.15, 0.2) is 11.6 Å². The van der Waals surface area contributed by atoms with Gasteiger partial charge in [0.05, 0.1) is 17.8 Å². The third kappa shape index (κ3) is 2.42. The molecule has 1 aromatic carbocycles. The van der Waals surface area contributed by atoms with Crippen molar-refractivity contribution in [1.29, 1.82) is 0 Å². The number of ether oxygens (including phenoxy) is 1. The molecule has 0 atom stereocenters. The van der Waals surface area contributed by atoms with E-state index in [1.807, 2.05) is 0 Å². The molecule has 0 spiro atoms. The van der Waals surface area contributed by atoms with Gasteiger partial charge >= 0.3 is 5.97 Å². The van der Waals surface area contributed by atoms with E-state index in [1.54, 1.807) is 6.07 Å². The van der Waals surface area contributed by atoms with E-state index in [0.717, 1.165) is 10.9 Å². The van der Waals surface area contributed by atoms with Gasteiger partial charge in [-0.05, 0) is 28.1 Å². The molecule has 1 heterocycles. The number of hydrogen-bond acceptors (Lipinski definition) is 4. The van der Waals surface area contributed by atoms with Crippen LogP contribution in [0.25, 0.3) is 5.69 Å². The number of carboxylic acids is 1. The minimum absolute atomic E-state index is 0.0137. The number of nitrogens with zero attached hydrogens (tertiary/aromatic N) is 2. The van der Waals surface area contributed by atoms with Crippen molar-refractivity contribution in [3.8, 4) is 11.4 Å². The van der Waals surface area contributed by atoms with Crippen molar-refractivity contribution in [2.75, 3.05) is 7.11 Å². The molecule has 1 aromatic heterocycles. The third-order valence-electron chi connectivity index (χ3n) is 2.49. The summed E-state index contributed by atoms with van der Waals surface area (Å²) in [6.45, 7) is 0. The Labute approximate surface area is 120 Å². The second-order valence-electron chi connectivity index (χ2n) is 3.70. The molecule has 0 fully saturated rings.